The van der Waals surface area contributed by atoms with Crippen molar-refractivity contribution in [1.82, 2.24) is 0 Å². The van der Waals surface area contributed by atoms with E-state index in [-0.39, 0.29) is 17.3 Å². The zero-order valence-corrected chi connectivity index (χ0v) is 11.7. The van der Waals surface area contributed by atoms with E-state index in [1.807, 2.05) is 0 Å². The van der Waals surface area contributed by atoms with Gasteiger partial charge in [0, 0.05) is 12.0 Å². The Labute approximate surface area is 117 Å². The summed E-state index contributed by atoms with van der Waals surface area (Å²) in [4.78, 5) is 11.7. The van der Waals surface area contributed by atoms with Crippen molar-refractivity contribution in [1.29, 1.82) is 0 Å². The van der Waals surface area contributed by atoms with Crippen LogP contribution in [0.5, 0.6) is 5.75 Å². The predicted molar refractivity (Wildman–Crippen MR) is 72.8 cm³/mol. The molecule has 0 radical (unpaired) electrons. The van der Waals surface area contributed by atoms with E-state index in [2.05, 4.69) is 0 Å². The van der Waals surface area contributed by atoms with E-state index in [4.69, 9.17) is 4.74 Å². The highest BCUT2D eigenvalue weighted by molar-refractivity contribution is 7.91. The molecule has 1 fully saturated rings. The summed E-state index contributed by atoms with van der Waals surface area (Å²) in [6, 6.07) is 5.17. The summed E-state index contributed by atoms with van der Waals surface area (Å²) in [6.45, 7) is 0. The van der Waals surface area contributed by atoms with Crippen LogP contribution in [0.3, 0.4) is 0 Å². The summed E-state index contributed by atoms with van der Waals surface area (Å²) in [5.41, 5.74) is 1.66. The van der Waals surface area contributed by atoms with Crippen LogP contribution in [0.25, 0.3) is 0 Å². The number of fused-ring (bicyclic) bond motifs is 1. The molecule has 2 aliphatic rings. The summed E-state index contributed by atoms with van der Waals surface area (Å²) in [6.07, 6.45) is 0.516. The van der Waals surface area contributed by atoms with Gasteiger partial charge in [-0.15, -0.1) is 0 Å². The fourth-order valence-electron chi connectivity index (χ4n) is 2.78. The van der Waals surface area contributed by atoms with Gasteiger partial charge in [-0.25, -0.2) is 8.42 Å². The van der Waals surface area contributed by atoms with Crippen LogP contribution >= 0.6 is 0 Å². The molecule has 0 amide bonds. The molecule has 1 aromatic carbocycles. The van der Waals surface area contributed by atoms with Crippen LogP contribution in [0.15, 0.2) is 18.2 Å². The molecule has 6 heteroatoms. The molecule has 0 aromatic heterocycles. The zero-order chi connectivity index (χ0) is 14.3. The van der Waals surface area contributed by atoms with Crippen LogP contribution in [0, 0.1) is 0 Å². The summed E-state index contributed by atoms with van der Waals surface area (Å²) in [5, 5.41) is 9.71. The second-order valence-electron chi connectivity index (χ2n) is 5.40. The Kier molecular flexibility index (Phi) is 3.30. The number of sulfone groups is 1. The number of Topliss-reactive ketones (excluding diaryl/α,β-unsaturated/α-hetero) is 1. The molecule has 1 saturated heterocycles. The van der Waals surface area contributed by atoms with Crippen molar-refractivity contribution in [3.05, 3.63) is 29.3 Å². The largest absolute Gasteiger partial charge is 0.487 e. The van der Waals surface area contributed by atoms with Crippen LogP contribution in [0.1, 0.15) is 28.8 Å². The topological polar surface area (TPSA) is 80.7 Å². The first-order chi connectivity index (χ1) is 9.44. The Morgan fingerprint density at radius 2 is 2.00 bits per heavy atom. The van der Waals surface area contributed by atoms with Crippen LogP contribution in [0.4, 0.5) is 0 Å². The molecule has 20 heavy (non-hydrogen) atoms. The molecule has 0 spiro atoms. The third-order valence-corrected chi connectivity index (χ3v) is 5.47. The highest BCUT2D eigenvalue weighted by Gasteiger charge is 2.38. The van der Waals surface area contributed by atoms with Crippen LogP contribution in [-0.2, 0) is 16.3 Å². The summed E-state index contributed by atoms with van der Waals surface area (Å²) < 4.78 is 28.4. The number of hydrogen-bond donors (Lipinski definition) is 1. The van der Waals surface area contributed by atoms with E-state index >= 15 is 0 Å². The van der Waals surface area contributed by atoms with Crippen molar-refractivity contribution < 1.29 is 23.1 Å². The fourth-order valence-corrected chi connectivity index (χ4v) is 4.44. The van der Waals surface area contributed by atoms with Crippen molar-refractivity contribution in [3.63, 3.8) is 0 Å². The zero-order valence-electron chi connectivity index (χ0n) is 10.9. The number of benzene rings is 1. The third kappa shape index (κ3) is 2.58. The van der Waals surface area contributed by atoms with E-state index in [1.54, 1.807) is 18.2 Å². The van der Waals surface area contributed by atoms with Crippen molar-refractivity contribution in [2.24, 2.45) is 0 Å². The molecule has 1 aliphatic heterocycles. The normalized spacial score (nSPS) is 28.1. The molecule has 1 aliphatic carbocycles. The average Bonchev–Trinajstić information content (AvgIpc) is 2.62. The number of ether oxygens (including phenoxy) is 1. The minimum atomic E-state index is -3.22. The highest BCUT2D eigenvalue weighted by atomic mass is 32.2. The van der Waals surface area contributed by atoms with E-state index in [0.717, 1.165) is 24.0 Å². The highest BCUT2D eigenvalue weighted by Crippen LogP contribution is 2.27. The molecule has 0 bridgehead atoms. The Hall–Kier alpha value is -1.40. The average molecular weight is 296 g/mol. The molecule has 1 N–H and O–H groups in total. The van der Waals surface area contributed by atoms with E-state index in [1.165, 1.54) is 0 Å². The Morgan fingerprint density at radius 3 is 2.70 bits per heavy atom. The lowest BCUT2D eigenvalue weighted by atomic mass is 9.90. The molecule has 2 atom stereocenters. The van der Waals surface area contributed by atoms with Gasteiger partial charge in [-0.2, -0.15) is 0 Å². The Morgan fingerprint density at radius 1 is 1.20 bits per heavy atom. The molecule has 3 rings (SSSR count). The van der Waals surface area contributed by atoms with Crippen molar-refractivity contribution in [3.8, 4) is 5.75 Å². The molecule has 0 saturated carbocycles. The van der Waals surface area contributed by atoms with Gasteiger partial charge in [-0.3, -0.25) is 4.79 Å². The van der Waals surface area contributed by atoms with Gasteiger partial charge in [0.15, 0.2) is 15.6 Å². The van der Waals surface area contributed by atoms with Crippen LogP contribution in [-0.4, -0.2) is 43.0 Å². The molecular formula is C14H16O5S. The number of hydrogen-bond acceptors (Lipinski definition) is 5. The number of carbonyl (C=O) groups is 1. The SMILES string of the molecule is O=C1CCCc2cc(OC3CS(=O)(=O)CC3O)ccc21. The van der Waals surface area contributed by atoms with Gasteiger partial charge < -0.3 is 9.84 Å². The second kappa shape index (κ2) is 4.86. The molecule has 108 valence electrons. The monoisotopic (exact) mass is 296 g/mol. The lowest BCUT2D eigenvalue weighted by Crippen LogP contribution is -2.29. The van der Waals surface area contributed by atoms with Gasteiger partial charge in [-0.1, -0.05) is 0 Å². The van der Waals surface area contributed by atoms with Crippen molar-refractivity contribution in [2.45, 2.75) is 31.5 Å². The van der Waals surface area contributed by atoms with E-state index < -0.39 is 22.0 Å². The third-order valence-electron chi connectivity index (χ3n) is 3.79. The number of ketones is 1. The van der Waals surface area contributed by atoms with Crippen LogP contribution in [0.2, 0.25) is 0 Å². The van der Waals surface area contributed by atoms with Gasteiger partial charge in [0.1, 0.15) is 18.0 Å². The lowest BCUT2D eigenvalue weighted by Gasteiger charge is -2.19. The predicted octanol–water partition coefficient (Wildman–Crippen LogP) is 0.742. The first-order valence-corrected chi connectivity index (χ1v) is 8.48. The number of carbonyl (C=O) groups excluding carboxylic acids is 1. The maximum atomic E-state index is 11.7. The molecule has 1 aromatic rings. The minimum Gasteiger partial charge on any atom is -0.487 e. The number of aliphatic hydroxyl groups excluding tert-OH is 1. The number of aliphatic hydroxyl groups is 1. The maximum Gasteiger partial charge on any atom is 0.163 e. The number of rotatable bonds is 2. The summed E-state index contributed by atoms with van der Waals surface area (Å²) >= 11 is 0. The smallest absolute Gasteiger partial charge is 0.163 e. The van der Waals surface area contributed by atoms with Gasteiger partial charge in [-0.05, 0) is 36.6 Å². The molecule has 1 heterocycles. The second-order valence-corrected chi connectivity index (χ2v) is 7.55. The molecular weight excluding hydrogens is 280 g/mol. The van der Waals surface area contributed by atoms with Gasteiger partial charge in [0.2, 0.25) is 0 Å². The first-order valence-electron chi connectivity index (χ1n) is 6.66. The molecule has 5 nitrogen and oxygen atoms in total. The number of aryl methyl sites for hydroxylation is 1. The maximum absolute atomic E-state index is 11.7. The van der Waals surface area contributed by atoms with E-state index in [0.29, 0.717) is 12.2 Å². The van der Waals surface area contributed by atoms with Crippen LogP contribution < -0.4 is 4.74 Å². The minimum absolute atomic E-state index is 0.140. The van der Waals surface area contributed by atoms with Crippen molar-refractivity contribution >= 4 is 15.6 Å². The summed E-state index contributed by atoms with van der Waals surface area (Å²) in [5.74, 6) is 0.242. The lowest BCUT2D eigenvalue weighted by molar-refractivity contribution is 0.0737. The van der Waals surface area contributed by atoms with Gasteiger partial charge in [0.05, 0.1) is 11.5 Å². The van der Waals surface area contributed by atoms with Gasteiger partial charge in [0.25, 0.3) is 0 Å². The van der Waals surface area contributed by atoms with Gasteiger partial charge >= 0.3 is 0 Å². The Balaban J connectivity index is 1.81. The molecule has 2 unspecified atom stereocenters. The first kappa shape index (κ1) is 13.6. The van der Waals surface area contributed by atoms with Crippen molar-refractivity contribution in [2.75, 3.05) is 11.5 Å². The summed E-state index contributed by atoms with van der Waals surface area (Å²) in [7, 11) is -3.22. The quantitative estimate of drug-likeness (QED) is 0.870. The Bertz CT molecular complexity index is 650. The fraction of sp³-hybridized carbons (Fsp3) is 0.500. The standard InChI is InChI=1S/C14H16O5S/c15-12-3-1-2-9-6-10(4-5-11(9)12)19-14-8-20(17,18)7-13(14)16/h4-6,13-14,16H,1-3,7-8H2. The van der Waals surface area contributed by atoms with E-state index in [9.17, 15) is 18.3 Å².